The second kappa shape index (κ2) is 7.39. The summed E-state index contributed by atoms with van der Waals surface area (Å²) in [6.07, 6.45) is 8.49. The van der Waals surface area contributed by atoms with Gasteiger partial charge >= 0.3 is 0 Å². The van der Waals surface area contributed by atoms with E-state index in [9.17, 15) is 4.79 Å². The lowest BCUT2D eigenvalue weighted by Gasteiger charge is -2.34. The highest BCUT2D eigenvalue weighted by Gasteiger charge is 2.21. The van der Waals surface area contributed by atoms with Crippen LogP contribution in [0.2, 0.25) is 0 Å². The number of anilines is 1. The van der Waals surface area contributed by atoms with Gasteiger partial charge in [-0.15, -0.1) is 0 Å². The number of aromatic amines is 1. The predicted molar refractivity (Wildman–Crippen MR) is 104 cm³/mol. The molecule has 0 aromatic carbocycles. The zero-order valence-electron chi connectivity index (χ0n) is 15.4. The van der Waals surface area contributed by atoms with Crippen molar-refractivity contribution in [3.05, 3.63) is 22.5 Å². The van der Waals surface area contributed by atoms with E-state index in [4.69, 9.17) is 9.47 Å². The maximum Gasteiger partial charge on any atom is 0.209 e. The molecule has 2 aromatic rings. The summed E-state index contributed by atoms with van der Waals surface area (Å²) in [6.45, 7) is 5.19. The Morgan fingerprint density at radius 3 is 2.96 bits per heavy atom. The van der Waals surface area contributed by atoms with Gasteiger partial charge in [0.2, 0.25) is 5.43 Å². The van der Waals surface area contributed by atoms with Gasteiger partial charge in [-0.05, 0) is 25.7 Å². The Kier molecular flexibility index (Phi) is 5.41. The molecule has 1 saturated heterocycles. The number of aromatic nitrogens is 3. The number of ether oxygens (including phenoxy) is 2. The molecule has 140 valence electrons. The van der Waals surface area contributed by atoms with Crippen LogP contribution in [0, 0.1) is 0 Å². The molecule has 0 amide bonds. The number of nitrogens with zero attached hydrogens (tertiary/aromatic N) is 3. The zero-order chi connectivity index (χ0) is 18.0. The fourth-order valence-electron chi connectivity index (χ4n) is 2.90. The average Bonchev–Trinajstić information content (AvgIpc) is 2.95. The molecular formula is C17H28N4O3S. The van der Waals surface area contributed by atoms with Gasteiger partial charge in [-0.1, -0.05) is 0 Å². The second-order valence-corrected chi connectivity index (χ2v) is 12.0. The lowest BCUT2D eigenvalue weighted by molar-refractivity contribution is 0.0839. The van der Waals surface area contributed by atoms with Crippen molar-refractivity contribution in [2.24, 2.45) is 0 Å². The average molecular weight is 369 g/mol. The fourth-order valence-corrected chi connectivity index (χ4v) is 3.52. The van der Waals surface area contributed by atoms with Gasteiger partial charge in [0, 0.05) is 18.4 Å². The van der Waals surface area contributed by atoms with Gasteiger partial charge in [0.1, 0.15) is 18.1 Å². The SMILES string of the molecule is C[C@@H]1COCCN1c1cc(=O)c2c(cnn2COCCS(C)(C)C)[nH]1. The van der Waals surface area contributed by atoms with Crippen molar-refractivity contribution in [1.82, 2.24) is 14.8 Å². The number of pyridine rings is 1. The van der Waals surface area contributed by atoms with Crippen LogP contribution in [0.25, 0.3) is 11.0 Å². The van der Waals surface area contributed by atoms with Crippen LogP contribution in [-0.4, -0.2) is 71.7 Å². The molecule has 1 fully saturated rings. The quantitative estimate of drug-likeness (QED) is 0.785. The number of morpholine rings is 1. The van der Waals surface area contributed by atoms with Gasteiger partial charge in [-0.3, -0.25) is 4.79 Å². The summed E-state index contributed by atoms with van der Waals surface area (Å²) in [7, 11) is -0.577. The summed E-state index contributed by atoms with van der Waals surface area (Å²) in [5, 5.41) is 4.32. The fraction of sp³-hybridized carbons (Fsp3) is 0.647. The molecule has 7 nitrogen and oxygen atoms in total. The van der Waals surface area contributed by atoms with Crippen LogP contribution in [0.15, 0.2) is 17.1 Å². The Labute approximate surface area is 149 Å². The van der Waals surface area contributed by atoms with Crippen LogP contribution in [0.4, 0.5) is 5.82 Å². The van der Waals surface area contributed by atoms with E-state index in [-0.39, 0.29) is 11.5 Å². The Balaban J connectivity index is 1.76. The van der Waals surface area contributed by atoms with Crippen molar-refractivity contribution in [3.63, 3.8) is 0 Å². The molecule has 0 aliphatic carbocycles. The van der Waals surface area contributed by atoms with Gasteiger partial charge < -0.3 is 19.4 Å². The first-order valence-electron chi connectivity index (χ1n) is 8.52. The second-order valence-electron chi connectivity index (χ2n) is 7.37. The largest absolute Gasteiger partial charge is 0.377 e. The Bertz CT molecular complexity index is 780. The Morgan fingerprint density at radius 1 is 1.44 bits per heavy atom. The Hall–Kier alpha value is -1.51. The van der Waals surface area contributed by atoms with Crippen LogP contribution < -0.4 is 10.3 Å². The first-order chi connectivity index (χ1) is 11.8. The topological polar surface area (TPSA) is 72.4 Å². The van der Waals surface area contributed by atoms with Crippen LogP contribution in [0.3, 0.4) is 0 Å². The van der Waals surface area contributed by atoms with Crippen molar-refractivity contribution in [2.45, 2.75) is 19.7 Å². The summed E-state index contributed by atoms with van der Waals surface area (Å²) >= 11 is 0. The van der Waals surface area contributed by atoms with Crippen molar-refractivity contribution in [1.29, 1.82) is 0 Å². The standard InChI is InChI=1S/C17H28N4O3S/c1-13-11-23-6-5-20(13)16-9-15(22)17-14(19-16)10-18-21(17)12-24-7-8-25(2,3)4/h9-10,13H,5-8,11-12H2,1-4H3,(H,19,22)/t13-/m1/s1. The van der Waals surface area contributed by atoms with Gasteiger partial charge in [0.25, 0.3) is 0 Å². The molecule has 1 aliphatic rings. The summed E-state index contributed by atoms with van der Waals surface area (Å²) in [5.74, 6) is 1.87. The summed E-state index contributed by atoms with van der Waals surface area (Å²) in [4.78, 5) is 18.1. The minimum Gasteiger partial charge on any atom is -0.377 e. The maximum absolute atomic E-state index is 12.6. The molecule has 25 heavy (non-hydrogen) atoms. The molecule has 1 N–H and O–H groups in total. The molecule has 3 heterocycles. The summed E-state index contributed by atoms with van der Waals surface area (Å²) in [5.41, 5.74) is 1.27. The molecule has 0 radical (unpaired) electrons. The highest BCUT2D eigenvalue weighted by molar-refractivity contribution is 8.32. The highest BCUT2D eigenvalue weighted by Crippen LogP contribution is 2.33. The number of fused-ring (bicyclic) bond motifs is 1. The molecule has 1 atom stereocenters. The van der Waals surface area contributed by atoms with E-state index in [0.29, 0.717) is 32.1 Å². The molecule has 0 bridgehead atoms. The first-order valence-corrected chi connectivity index (χ1v) is 11.5. The van der Waals surface area contributed by atoms with Crippen LogP contribution in [-0.2, 0) is 16.2 Å². The van der Waals surface area contributed by atoms with Crippen LogP contribution in [0.5, 0.6) is 0 Å². The molecule has 8 heteroatoms. The lowest BCUT2D eigenvalue weighted by Crippen LogP contribution is -2.44. The molecule has 1 aliphatic heterocycles. The van der Waals surface area contributed by atoms with Crippen molar-refractivity contribution < 1.29 is 9.47 Å². The lowest BCUT2D eigenvalue weighted by atomic mass is 10.2. The van der Waals surface area contributed by atoms with E-state index in [1.807, 2.05) is 0 Å². The number of H-pyrrole nitrogens is 1. The van der Waals surface area contributed by atoms with Gasteiger partial charge in [-0.25, -0.2) is 14.7 Å². The summed E-state index contributed by atoms with van der Waals surface area (Å²) in [6, 6.07) is 1.89. The van der Waals surface area contributed by atoms with Gasteiger partial charge in [0.05, 0.1) is 37.6 Å². The molecule has 0 spiro atoms. The predicted octanol–water partition coefficient (Wildman–Crippen LogP) is 1.62. The number of hydrogen-bond donors (Lipinski definition) is 1. The van der Waals surface area contributed by atoms with Crippen molar-refractivity contribution in [2.75, 3.05) is 55.8 Å². The van der Waals surface area contributed by atoms with Crippen molar-refractivity contribution in [3.8, 4) is 0 Å². The van der Waals surface area contributed by atoms with E-state index in [0.717, 1.165) is 23.6 Å². The van der Waals surface area contributed by atoms with Crippen LogP contribution >= 0.6 is 10.0 Å². The van der Waals surface area contributed by atoms with Gasteiger partial charge in [-0.2, -0.15) is 5.10 Å². The highest BCUT2D eigenvalue weighted by atomic mass is 32.3. The molecule has 3 rings (SSSR count). The van der Waals surface area contributed by atoms with E-state index in [1.54, 1.807) is 16.9 Å². The van der Waals surface area contributed by atoms with E-state index < -0.39 is 10.0 Å². The molecular weight excluding hydrogens is 340 g/mol. The summed E-state index contributed by atoms with van der Waals surface area (Å²) < 4.78 is 12.8. The number of nitrogens with one attached hydrogen (secondary N) is 1. The smallest absolute Gasteiger partial charge is 0.209 e. The molecule has 0 saturated carbocycles. The normalized spacial score (nSPS) is 19.5. The third kappa shape index (κ3) is 4.37. The first kappa shape index (κ1) is 18.3. The minimum atomic E-state index is -0.577. The van der Waals surface area contributed by atoms with E-state index >= 15 is 0 Å². The molecule has 0 unspecified atom stereocenters. The third-order valence-electron chi connectivity index (χ3n) is 4.33. The number of rotatable bonds is 6. The number of hydrogen-bond acceptors (Lipinski definition) is 5. The van der Waals surface area contributed by atoms with Crippen LogP contribution in [0.1, 0.15) is 6.92 Å². The molecule has 2 aromatic heterocycles. The maximum atomic E-state index is 12.6. The zero-order valence-corrected chi connectivity index (χ0v) is 16.3. The van der Waals surface area contributed by atoms with Crippen molar-refractivity contribution >= 4 is 26.9 Å². The van der Waals surface area contributed by atoms with E-state index in [2.05, 4.69) is 40.7 Å². The minimum absolute atomic E-state index is 0.0370. The van der Waals surface area contributed by atoms with Gasteiger partial charge in [0.15, 0.2) is 0 Å². The monoisotopic (exact) mass is 368 g/mol. The Morgan fingerprint density at radius 2 is 2.24 bits per heavy atom. The van der Waals surface area contributed by atoms with E-state index in [1.165, 1.54) is 0 Å². The third-order valence-corrected chi connectivity index (χ3v) is 5.73.